The maximum Gasteiger partial charge on any atom is 0.106 e. The molecular weight excluding hydrogens is 270 g/mol. The van der Waals surface area contributed by atoms with Crippen molar-refractivity contribution in [3.8, 4) is 0 Å². The van der Waals surface area contributed by atoms with Gasteiger partial charge in [0.15, 0.2) is 0 Å². The first-order valence-electron chi connectivity index (χ1n) is 7.63. The zero-order valence-corrected chi connectivity index (χ0v) is 13.2. The average Bonchev–Trinajstić information content (AvgIpc) is 2.73. The molecule has 114 valence electrons. The summed E-state index contributed by atoms with van der Waals surface area (Å²) in [5.41, 5.74) is 5.74. The molecule has 0 spiro atoms. The van der Waals surface area contributed by atoms with Crippen LogP contribution in [0.4, 0.5) is 11.4 Å². The summed E-state index contributed by atoms with van der Waals surface area (Å²) < 4.78 is 0. The van der Waals surface area contributed by atoms with E-state index in [4.69, 9.17) is 0 Å². The summed E-state index contributed by atoms with van der Waals surface area (Å²) in [7, 11) is 2.08. The molecular formula is C19H23N3. The molecule has 2 aliphatic heterocycles. The zero-order valence-electron chi connectivity index (χ0n) is 13.2. The van der Waals surface area contributed by atoms with Crippen molar-refractivity contribution < 1.29 is 0 Å². The summed E-state index contributed by atoms with van der Waals surface area (Å²) in [6.07, 6.45) is 4.76. The van der Waals surface area contributed by atoms with Gasteiger partial charge < -0.3 is 15.1 Å². The van der Waals surface area contributed by atoms with E-state index < -0.39 is 0 Å². The second kappa shape index (κ2) is 5.41. The Morgan fingerprint density at radius 2 is 2.09 bits per heavy atom. The van der Waals surface area contributed by atoms with E-state index in [1.165, 1.54) is 16.9 Å². The van der Waals surface area contributed by atoms with Crippen molar-refractivity contribution >= 4 is 11.4 Å². The van der Waals surface area contributed by atoms with Crippen LogP contribution in [0, 0.1) is 0 Å². The molecule has 0 aliphatic carbocycles. The Labute approximate surface area is 132 Å². The molecule has 22 heavy (non-hydrogen) atoms. The number of anilines is 2. The topological polar surface area (TPSA) is 18.5 Å². The Morgan fingerprint density at radius 1 is 1.32 bits per heavy atom. The second-order valence-corrected chi connectivity index (χ2v) is 5.93. The van der Waals surface area contributed by atoms with Gasteiger partial charge in [0.1, 0.15) is 5.82 Å². The van der Waals surface area contributed by atoms with Crippen LogP contribution in [0.1, 0.15) is 18.4 Å². The molecule has 2 aliphatic rings. The number of nitrogens with one attached hydrogen (secondary N) is 1. The summed E-state index contributed by atoms with van der Waals surface area (Å²) in [4.78, 5) is 4.47. The lowest BCUT2D eigenvalue weighted by atomic mass is 9.99. The third-order valence-corrected chi connectivity index (χ3v) is 4.49. The van der Waals surface area contributed by atoms with Gasteiger partial charge in [-0.1, -0.05) is 37.9 Å². The lowest BCUT2D eigenvalue weighted by Gasteiger charge is -2.36. The van der Waals surface area contributed by atoms with Crippen LogP contribution in [0.2, 0.25) is 0 Å². The minimum Gasteiger partial charge on any atom is -0.362 e. The number of allylic oxidation sites excluding steroid dienone is 2. The molecule has 0 aromatic heterocycles. The minimum atomic E-state index is 0.209. The van der Waals surface area contributed by atoms with Crippen molar-refractivity contribution in [2.75, 3.05) is 16.8 Å². The third-order valence-electron chi connectivity index (χ3n) is 4.49. The summed E-state index contributed by atoms with van der Waals surface area (Å²) in [6.45, 7) is 16.4. The predicted octanol–water partition coefficient (Wildman–Crippen LogP) is 3.92. The van der Waals surface area contributed by atoms with Crippen molar-refractivity contribution in [3.63, 3.8) is 0 Å². The van der Waals surface area contributed by atoms with E-state index in [1.807, 2.05) is 6.08 Å². The van der Waals surface area contributed by atoms with Gasteiger partial charge in [-0.15, -0.1) is 6.58 Å². The molecule has 1 aromatic rings. The number of fused-ring (bicyclic) bond motifs is 1. The smallest absolute Gasteiger partial charge is 0.106 e. The van der Waals surface area contributed by atoms with Crippen molar-refractivity contribution in [2.24, 2.45) is 0 Å². The molecule has 1 unspecified atom stereocenters. The van der Waals surface area contributed by atoms with Gasteiger partial charge in [0.05, 0.1) is 17.4 Å². The molecule has 3 heteroatoms. The molecule has 0 amide bonds. The van der Waals surface area contributed by atoms with Gasteiger partial charge >= 0.3 is 0 Å². The van der Waals surface area contributed by atoms with Gasteiger partial charge in [0.25, 0.3) is 0 Å². The second-order valence-electron chi connectivity index (χ2n) is 5.93. The SMILES string of the molecule is C=CCc1cccc2c1N(C)C(=C)N2C1CCC(=C)NC1=C. The number of piperidine rings is 1. The zero-order chi connectivity index (χ0) is 15.9. The lowest BCUT2D eigenvalue weighted by Crippen LogP contribution is -2.42. The van der Waals surface area contributed by atoms with Crippen LogP contribution in [-0.4, -0.2) is 13.1 Å². The highest BCUT2D eigenvalue weighted by atomic mass is 15.4. The van der Waals surface area contributed by atoms with E-state index >= 15 is 0 Å². The molecule has 3 rings (SSSR count). The Balaban J connectivity index is 2.03. The number of para-hydroxylation sites is 1. The van der Waals surface area contributed by atoms with Gasteiger partial charge in [-0.2, -0.15) is 0 Å². The van der Waals surface area contributed by atoms with Crippen LogP contribution >= 0.6 is 0 Å². The largest absolute Gasteiger partial charge is 0.362 e. The molecule has 0 saturated carbocycles. The highest BCUT2D eigenvalue weighted by Crippen LogP contribution is 2.45. The first-order chi connectivity index (χ1) is 10.5. The van der Waals surface area contributed by atoms with E-state index in [1.54, 1.807) is 0 Å². The van der Waals surface area contributed by atoms with E-state index in [9.17, 15) is 0 Å². The molecule has 1 N–H and O–H groups in total. The van der Waals surface area contributed by atoms with E-state index in [2.05, 4.69) is 66.7 Å². The van der Waals surface area contributed by atoms with E-state index in [0.717, 1.165) is 36.5 Å². The number of hydrogen-bond acceptors (Lipinski definition) is 3. The molecule has 1 saturated heterocycles. The standard InChI is InChI=1S/C19H23N3/c1-6-8-16-9-7-10-18-19(16)21(5)15(4)22(18)17-12-11-13(2)20-14(17)3/h6-7,9-10,17,20H,1-4,8,11-12H2,5H3. The number of nitrogens with zero attached hydrogens (tertiary/aromatic N) is 2. The van der Waals surface area contributed by atoms with E-state index in [-0.39, 0.29) is 6.04 Å². The van der Waals surface area contributed by atoms with Crippen LogP contribution in [0.15, 0.2) is 67.8 Å². The van der Waals surface area contributed by atoms with Gasteiger partial charge in [0, 0.05) is 18.4 Å². The van der Waals surface area contributed by atoms with Gasteiger partial charge in [-0.05, 0) is 30.9 Å². The van der Waals surface area contributed by atoms with Crippen LogP contribution in [0.25, 0.3) is 0 Å². The van der Waals surface area contributed by atoms with Crippen LogP contribution in [-0.2, 0) is 6.42 Å². The average molecular weight is 293 g/mol. The minimum absolute atomic E-state index is 0.209. The Kier molecular flexibility index (Phi) is 3.57. The van der Waals surface area contributed by atoms with Crippen molar-refractivity contribution in [1.82, 2.24) is 5.32 Å². The van der Waals surface area contributed by atoms with Gasteiger partial charge in [0.2, 0.25) is 0 Å². The van der Waals surface area contributed by atoms with Gasteiger partial charge in [-0.3, -0.25) is 0 Å². The normalized spacial score (nSPS) is 21.0. The summed E-state index contributed by atoms with van der Waals surface area (Å²) in [5.74, 6) is 0.993. The first-order valence-corrected chi connectivity index (χ1v) is 7.63. The Morgan fingerprint density at radius 3 is 2.77 bits per heavy atom. The number of rotatable bonds is 3. The van der Waals surface area contributed by atoms with Crippen molar-refractivity contribution in [2.45, 2.75) is 25.3 Å². The molecule has 0 radical (unpaired) electrons. The fourth-order valence-corrected chi connectivity index (χ4v) is 3.40. The summed E-state index contributed by atoms with van der Waals surface area (Å²) >= 11 is 0. The third kappa shape index (κ3) is 2.13. The summed E-state index contributed by atoms with van der Waals surface area (Å²) in [6, 6.07) is 6.63. The quantitative estimate of drug-likeness (QED) is 0.852. The Hall–Kier alpha value is -2.42. The fraction of sp³-hybridized carbons (Fsp3) is 0.263. The lowest BCUT2D eigenvalue weighted by molar-refractivity contribution is 0.566. The molecule has 2 heterocycles. The predicted molar refractivity (Wildman–Crippen MR) is 94.8 cm³/mol. The number of benzene rings is 1. The summed E-state index contributed by atoms with van der Waals surface area (Å²) in [5, 5.41) is 3.31. The van der Waals surface area contributed by atoms with Crippen molar-refractivity contribution in [1.29, 1.82) is 0 Å². The maximum atomic E-state index is 4.30. The number of hydrogen-bond donors (Lipinski definition) is 1. The van der Waals surface area contributed by atoms with Gasteiger partial charge in [-0.25, -0.2) is 0 Å². The first kappa shape index (κ1) is 14.5. The fourth-order valence-electron chi connectivity index (χ4n) is 3.40. The molecule has 1 atom stereocenters. The van der Waals surface area contributed by atoms with Crippen LogP contribution < -0.4 is 15.1 Å². The molecule has 1 fully saturated rings. The van der Waals surface area contributed by atoms with Crippen LogP contribution in [0.5, 0.6) is 0 Å². The highest BCUT2D eigenvalue weighted by Gasteiger charge is 2.36. The van der Waals surface area contributed by atoms with E-state index in [0.29, 0.717) is 0 Å². The highest BCUT2D eigenvalue weighted by molar-refractivity contribution is 5.85. The molecule has 3 nitrogen and oxygen atoms in total. The Bertz CT molecular complexity index is 671. The molecule has 1 aromatic carbocycles. The maximum absolute atomic E-state index is 4.30. The van der Waals surface area contributed by atoms with Crippen molar-refractivity contribution in [3.05, 3.63) is 73.4 Å². The van der Waals surface area contributed by atoms with Crippen LogP contribution in [0.3, 0.4) is 0 Å². The monoisotopic (exact) mass is 293 g/mol. The molecule has 0 bridgehead atoms.